The van der Waals surface area contributed by atoms with Gasteiger partial charge in [-0.15, -0.1) is 0 Å². The number of methoxy groups -OCH3 is 1. The minimum absolute atomic E-state index is 0.109. The monoisotopic (exact) mass is 344 g/mol. The van der Waals surface area contributed by atoms with Crippen molar-refractivity contribution in [2.45, 2.75) is 6.92 Å². The topological polar surface area (TPSA) is 56.5 Å². The van der Waals surface area contributed by atoms with E-state index in [1.165, 1.54) is 12.1 Å². The average molecular weight is 344 g/mol. The highest BCUT2D eigenvalue weighted by Gasteiger charge is 2.19. The summed E-state index contributed by atoms with van der Waals surface area (Å²) in [5.74, 6) is 1.20. The molecule has 128 valence electrons. The van der Waals surface area contributed by atoms with Gasteiger partial charge in [0.2, 0.25) is 0 Å². The summed E-state index contributed by atoms with van der Waals surface area (Å²) in [4.78, 5) is 22.9. The van der Waals surface area contributed by atoms with Crippen molar-refractivity contribution in [1.29, 1.82) is 0 Å². The molecule has 0 aromatic heterocycles. The second-order valence-electron chi connectivity index (χ2n) is 6.19. The standard InChI is InChI=1S/C22H16O4/c1-13-9-14(12-23)3-6-17(13)22-18-7-4-15(24)10-20(18)26-21-11-16(25-2)5-8-19(21)22/h3-12H,1-2H3. The van der Waals surface area contributed by atoms with Gasteiger partial charge in [-0.2, -0.15) is 0 Å². The van der Waals surface area contributed by atoms with E-state index in [0.29, 0.717) is 22.7 Å². The van der Waals surface area contributed by atoms with Crippen LogP contribution in [-0.2, 0) is 0 Å². The Morgan fingerprint density at radius 2 is 1.77 bits per heavy atom. The predicted molar refractivity (Wildman–Crippen MR) is 101 cm³/mol. The lowest BCUT2D eigenvalue weighted by Gasteiger charge is -2.17. The maximum Gasteiger partial charge on any atom is 0.182 e. The molecule has 1 aliphatic carbocycles. The third-order valence-corrected chi connectivity index (χ3v) is 4.56. The van der Waals surface area contributed by atoms with Crippen molar-refractivity contribution >= 4 is 17.3 Å². The van der Waals surface area contributed by atoms with Crippen LogP contribution in [-0.4, -0.2) is 13.4 Å². The van der Waals surface area contributed by atoms with E-state index in [-0.39, 0.29) is 5.43 Å². The molecule has 0 N–H and O–H groups in total. The Morgan fingerprint density at radius 3 is 2.50 bits per heavy atom. The van der Waals surface area contributed by atoms with E-state index >= 15 is 0 Å². The molecule has 4 nitrogen and oxygen atoms in total. The first-order valence-corrected chi connectivity index (χ1v) is 8.21. The number of carbonyl (C=O) groups is 1. The van der Waals surface area contributed by atoms with Gasteiger partial charge in [-0.25, -0.2) is 0 Å². The van der Waals surface area contributed by atoms with Crippen LogP contribution in [0.5, 0.6) is 5.75 Å². The van der Waals surface area contributed by atoms with Gasteiger partial charge in [-0.05, 0) is 48.4 Å². The van der Waals surface area contributed by atoms with Crippen LogP contribution in [0.25, 0.3) is 33.4 Å². The summed E-state index contributed by atoms with van der Waals surface area (Å²) in [5, 5.41) is 0.916. The minimum Gasteiger partial charge on any atom is -0.497 e. The third kappa shape index (κ3) is 2.56. The highest BCUT2D eigenvalue weighted by molar-refractivity contribution is 6.03. The van der Waals surface area contributed by atoms with Gasteiger partial charge in [0, 0.05) is 34.2 Å². The van der Waals surface area contributed by atoms with E-state index in [4.69, 9.17) is 9.15 Å². The molecule has 0 bridgehead atoms. The average Bonchev–Trinajstić information content (AvgIpc) is 2.65. The second kappa shape index (κ2) is 6.15. The molecule has 0 amide bonds. The quantitative estimate of drug-likeness (QED) is 0.399. The summed E-state index contributed by atoms with van der Waals surface area (Å²) in [5.41, 5.74) is 4.95. The van der Waals surface area contributed by atoms with Crippen molar-refractivity contribution in [1.82, 2.24) is 0 Å². The van der Waals surface area contributed by atoms with E-state index in [9.17, 15) is 9.59 Å². The molecule has 2 aromatic rings. The predicted octanol–water partition coefficient (Wildman–Crippen LogP) is 4.69. The highest BCUT2D eigenvalue weighted by Crippen LogP contribution is 2.41. The van der Waals surface area contributed by atoms with Crippen LogP contribution in [0, 0.1) is 6.92 Å². The number of aldehydes is 1. The fourth-order valence-corrected chi connectivity index (χ4v) is 3.31. The number of carbonyl (C=O) groups excluding carboxylic acids is 1. The minimum atomic E-state index is -0.109. The van der Waals surface area contributed by atoms with E-state index in [1.807, 2.05) is 37.3 Å². The van der Waals surface area contributed by atoms with Gasteiger partial charge < -0.3 is 9.15 Å². The molecule has 4 rings (SSSR count). The summed E-state index contributed by atoms with van der Waals surface area (Å²) < 4.78 is 11.3. The summed E-state index contributed by atoms with van der Waals surface area (Å²) in [7, 11) is 1.60. The number of fused-ring (bicyclic) bond motifs is 2. The Bertz CT molecular complexity index is 1170. The summed E-state index contributed by atoms with van der Waals surface area (Å²) in [6.45, 7) is 1.97. The van der Waals surface area contributed by atoms with Crippen LogP contribution in [0.4, 0.5) is 0 Å². The van der Waals surface area contributed by atoms with Crippen molar-refractivity contribution in [3.8, 4) is 28.2 Å². The Kier molecular flexibility index (Phi) is 3.81. The molecule has 0 unspecified atom stereocenters. The molecule has 0 spiro atoms. The molecule has 0 saturated heterocycles. The molecule has 4 heteroatoms. The van der Waals surface area contributed by atoms with Crippen LogP contribution in [0.3, 0.4) is 0 Å². The van der Waals surface area contributed by atoms with Crippen LogP contribution in [0.15, 0.2) is 63.8 Å². The zero-order valence-electron chi connectivity index (χ0n) is 14.4. The Labute approximate surface area is 150 Å². The Morgan fingerprint density at radius 1 is 0.962 bits per heavy atom. The molecule has 0 fully saturated rings. The number of ether oxygens (including phenoxy) is 1. The van der Waals surface area contributed by atoms with Crippen molar-refractivity contribution in [3.05, 3.63) is 75.9 Å². The molecule has 2 aromatic carbocycles. The molecule has 0 radical (unpaired) electrons. The van der Waals surface area contributed by atoms with Crippen molar-refractivity contribution in [2.24, 2.45) is 0 Å². The van der Waals surface area contributed by atoms with Crippen LogP contribution in [0.2, 0.25) is 0 Å². The van der Waals surface area contributed by atoms with Gasteiger partial charge in [-0.3, -0.25) is 9.59 Å². The maximum absolute atomic E-state index is 11.8. The first kappa shape index (κ1) is 16.1. The maximum atomic E-state index is 11.8. The lowest BCUT2D eigenvalue weighted by atomic mass is 9.90. The molecule has 1 aliphatic heterocycles. The highest BCUT2D eigenvalue weighted by atomic mass is 16.5. The molecule has 0 saturated carbocycles. The lowest BCUT2D eigenvalue weighted by Crippen LogP contribution is -2.00. The fourth-order valence-electron chi connectivity index (χ4n) is 3.31. The number of benzene rings is 3. The Balaban J connectivity index is 2.14. The number of rotatable bonds is 3. The van der Waals surface area contributed by atoms with Crippen LogP contribution >= 0.6 is 0 Å². The molecule has 2 aliphatic rings. The van der Waals surface area contributed by atoms with Gasteiger partial charge in [0.05, 0.1) is 7.11 Å². The zero-order chi connectivity index (χ0) is 18.3. The van der Waals surface area contributed by atoms with Gasteiger partial charge in [0.25, 0.3) is 0 Å². The normalized spacial score (nSPS) is 11.0. The van der Waals surface area contributed by atoms with Gasteiger partial charge in [0.1, 0.15) is 23.4 Å². The molecular formula is C22H16O4. The molecule has 26 heavy (non-hydrogen) atoms. The first-order valence-electron chi connectivity index (χ1n) is 8.21. The molecule has 0 atom stereocenters. The molecule has 1 heterocycles. The van der Waals surface area contributed by atoms with Gasteiger partial charge in [0.15, 0.2) is 5.43 Å². The van der Waals surface area contributed by atoms with Crippen LogP contribution in [0.1, 0.15) is 15.9 Å². The van der Waals surface area contributed by atoms with E-state index in [0.717, 1.165) is 33.9 Å². The van der Waals surface area contributed by atoms with Gasteiger partial charge >= 0.3 is 0 Å². The fraction of sp³-hybridized carbons (Fsp3) is 0.0909. The second-order valence-corrected chi connectivity index (χ2v) is 6.19. The summed E-state index contributed by atoms with van der Waals surface area (Å²) in [6.07, 6.45) is 0.835. The number of hydrogen-bond donors (Lipinski definition) is 0. The van der Waals surface area contributed by atoms with Crippen LogP contribution < -0.4 is 10.2 Å². The van der Waals surface area contributed by atoms with E-state index in [1.54, 1.807) is 19.2 Å². The number of aryl methyl sites for hydroxylation is 1. The van der Waals surface area contributed by atoms with Crippen molar-refractivity contribution in [2.75, 3.05) is 7.11 Å². The SMILES string of the molecule is COc1ccc2c(-c3ccc(C=O)cc3C)c3ccc(=O)cc-3oc2c1. The van der Waals surface area contributed by atoms with E-state index in [2.05, 4.69) is 0 Å². The first-order chi connectivity index (χ1) is 12.6. The lowest BCUT2D eigenvalue weighted by molar-refractivity contribution is 0.112. The number of hydrogen-bond acceptors (Lipinski definition) is 4. The zero-order valence-corrected chi connectivity index (χ0v) is 14.4. The summed E-state index contributed by atoms with van der Waals surface area (Å²) in [6, 6.07) is 16.0. The Hall–Kier alpha value is -3.40. The van der Waals surface area contributed by atoms with Crippen molar-refractivity contribution < 1.29 is 13.9 Å². The van der Waals surface area contributed by atoms with E-state index < -0.39 is 0 Å². The van der Waals surface area contributed by atoms with Gasteiger partial charge in [-0.1, -0.05) is 12.1 Å². The third-order valence-electron chi connectivity index (χ3n) is 4.56. The van der Waals surface area contributed by atoms with Crippen molar-refractivity contribution in [3.63, 3.8) is 0 Å². The smallest absolute Gasteiger partial charge is 0.182 e. The molecular weight excluding hydrogens is 328 g/mol. The summed E-state index contributed by atoms with van der Waals surface area (Å²) >= 11 is 0. The largest absolute Gasteiger partial charge is 0.497 e.